The number of hydrogen-bond acceptors (Lipinski definition) is 3. The van der Waals surface area contributed by atoms with Crippen molar-refractivity contribution < 1.29 is 9.47 Å². The molecule has 0 radical (unpaired) electrons. The van der Waals surface area contributed by atoms with Gasteiger partial charge in [0.2, 0.25) is 0 Å². The lowest BCUT2D eigenvalue weighted by atomic mass is 9.84. The minimum atomic E-state index is -0.252. The highest BCUT2D eigenvalue weighted by Crippen LogP contribution is 2.52. The van der Waals surface area contributed by atoms with Crippen molar-refractivity contribution in [3.63, 3.8) is 0 Å². The normalized spacial score (nSPS) is 20.1. The van der Waals surface area contributed by atoms with E-state index in [0.29, 0.717) is 6.73 Å². The van der Waals surface area contributed by atoms with Gasteiger partial charge < -0.3 is 14.4 Å². The van der Waals surface area contributed by atoms with Crippen LogP contribution in [0.15, 0.2) is 60.7 Å². The predicted octanol–water partition coefficient (Wildman–Crippen LogP) is 5.74. The lowest BCUT2D eigenvalue weighted by Crippen LogP contribution is -2.47. The molecule has 1 unspecified atom stereocenters. The molecule has 3 heteroatoms. The second-order valence-electron chi connectivity index (χ2n) is 7.17. The number of nitrogens with zero attached hydrogens (tertiary/aromatic N) is 1. The number of benzene rings is 3. The van der Waals surface area contributed by atoms with Crippen LogP contribution in [0.3, 0.4) is 0 Å². The molecule has 0 bridgehead atoms. The van der Waals surface area contributed by atoms with Gasteiger partial charge in [-0.25, -0.2) is 0 Å². The zero-order chi connectivity index (χ0) is 17.7. The molecule has 2 aliphatic rings. The van der Waals surface area contributed by atoms with Crippen LogP contribution in [0.25, 0.3) is 10.8 Å². The fourth-order valence-electron chi connectivity index (χ4n) is 4.44. The van der Waals surface area contributed by atoms with Gasteiger partial charge in [0.05, 0.1) is 5.60 Å². The molecule has 1 atom stereocenters. The van der Waals surface area contributed by atoms with Gasteiger partial charge in [0.15, 0.2) is 13.0 Å². The maximum atomic E-state index is 6.82. The van der Waals surface area contributed by atoms with E-state index in [-0.39, 0.29) is 11.8 Å². The summed E-state index contributed by atoms with van der Waals surface area (Å²) in [6, 6.07) is 21.4. The van der Waals surface area contributed by atoms with Crippen LogP contribution in [0.2, 0.25) is 0 Å². The van der Waals surface area contributed by atoms with Crippen LogP contribution in [0.1, 0.15) is 44.0 Å². The molecular formula is C23H23NO2. The first-order chi connectivity index (χ1) is 12.8. The van der Waals surface area contributed by atoms with Gasteiger partial charge in [0.1, 0.15) is 5.75 Å². The van der Waals surface area contributed by atoms with Crippen molar-refractivity contribution in [3.05, 3.63) is 71.8 Å². The Morgan fingerprint density at radius 3 is 2.42 bits per heavy atom. The highest BCUT2D eigenvalue weighted by Gasteiger charge is 2.45. The Morgan fingerprint density at radius 2 is 1.65 bits per heavy atom. The molecule has 3 nitrogen and oxygen atoms in total. The van der Waals surface area contributed by atoms with Gasteiger partial charge >= 0.3 is 0 Å². The zero-order valence-corrected chi connectivity index (χ0v) is 15.2. The van der Waals surface area contributed by atoms with Crippen LogP contribution in [-0.4, -0.2) is 6.73 Å². The number of ether oxygens (including phenoxy) is 2. The van der Waals surface area contributed by atoms with E-state index < -0.39 is 0 Å². The van der Waals surface area contributed by atoms with Crippen LogP contribution in [-0.2, 0) is 10.3 Å². The molecule has 0 saturated carbocycles. The number of rotatable bonds is 2. The Morgan fingerprint density at radius 1 is 0.962 bits per heavy atom. The molecule has 0 amide bonds. The number of anilines is 1. The van der Waals surface area contributed by atoms with Crippen LogP contribution in [0, 0.1) is 0 Å². The summed E-state index contributed by atoms with van der Waals surface area (Å²) in [5.74, 6) is 0.936. The first-order valence-corrected chi connectivity index (χ1v) is 9.45. The molecule has 3 aromatic carbocycles. The van der Waals surface area contributed by atoms with Crippen molar-refractivity contribution >= 4 is 16.5 Å². The Hall–Kier alpha value is -2.52. The van der Waals surface area contributed by atoms with Crippen molar-refractivity contribution in [1.29, 1.82) is 0 Å². The van der Waals surface area contributed by atoms with E-state index in [1.165, 1.54) is 22.0 Å². The topological polar surface area (TPSA) is 21.7 Å². The second kappa shape index (κ2) is 5.75. The first kappa shape index (κ1) is 15.7. The Bertz CT molecular complexity index is 977. The smallest absolute Gasteiger partial charge is 0.163 e. The van der Waals surface area contributed by atoms with E-state index in [0.717, 1.165) is 24.2 Å². The van der Waals surface area contributed by atoms with Crippen molar-refractivity contribution in [2.45, 2.75) is 38.5 Å². The monoisotopic (exact) mass is 345 g/mol. The summed E-state index contributed by atoms with van der Waals surface area (Å²) in [5.41, 5.74) is 3.37. The van der Waals surface area contributed by atoms with E-state index in [4.69, 9.17) is 9.47 Å². The average molecular weight is 345 g/mol. The van der Waals surface area contributed by atoms with Crippen LogP contribution < -0.4 is 9.64 Å². The minimum Gasteiger partial charge on any atom is -0.473 e. The van der Waals surface area contributed by atoms with Crippen LogP contribution >= 0.6 is 0 Å². The summed E-state index contributed by atoms with van der Waals surface area (Å²) in [4.78, 5) is 2.25. The third-order valence-corrected chi connectivity index (χ3v) is 5.97. The van der Waals surface area contributed by atoms with E-state index in [2.05, 4.69) is 79.4 Å². The van der Waals surface area contributed by atoms with Crippen molar-refractivity contribution in [2.24, 2.45) is 0 Å². The highest BCUT2D eigenvalue weighted by atomic mass is 16.6. The molecule has 2 heterocycles. The standard InChI is InChI=1S/C23H23NO2/c1-3-23(4-2)19-11-7-8-12-20(19)24-15-25-21-14-17-10-6-5-9-16(17)13-18(21)22(24)26-23/h5-14,22H,3-4,15H2,1-2H3. The average Bonchev–Trinajstić information content (AvgIpc) is 2.71. The van der Waals surface area contributed by atoms with Gasteiger partial charge in [-0.05, 0) is 41.8 Å². The van der Waals surface area contributed by atoms with Crippen LogP contribution in [0.5, 0.6) is 5.75 Å². The Balaban J connectivity index is 1.71. The summed E-state index contributed by atoms with van der Waals surface area (Å²) in [6.07, 6.45) is 1.79. The first-order valence-electron chi connectivity index (χ1n) is 9.45. The van der Waals surface area contributed by atoms with Gasteiger partial charge in [-0.1, -0.05) is 56.3 Å². The molecule has 0 N–H and O–H groups in total. The molecule has 0 saturated heterocycles. The number of hydrogen-bond donors (Lipinski definition) is 0. The quantitative estimate of drug-likeness (QED) is 0.591. The number of para-hydroxylation sites is 1. The van der Waals surface area contributed by atoms with E-state index >= 15 is 0 Å². The molecule has 3 aromatic rings. The van der Waals surface area contributed by atoms with Crippen LogP contribution in [0.4, 0.5) is 5.69 Å². The molecule has 0 spiro atoms. The maximum Gasteiger partial charge on any atom is 0.163 e. The van der Waals surface area contributed by atoms with Gasteiger partial charge in [-0.3, -0.25) is 0 Å². The summed E-state index contributed by atoms with van der Waals surface area (Å²) in [6.45, 7) is 4.95. The van der Waals surface area contributed by atoms with Crippen molar-refractivity contribution in [1.82, 2.24) is 0 Å². The molecule has 2 aliphatic heterocycles. The van der Waals surface area contributed by atoms with Gasteiger partial charge in [-0.2, -0.15) is 0 Å². The summed E-state index contributed by atoms with van der Waals surface area (Å²) in [7, 11) is 0. The van der Waals surface area contributed by atoms with Gasteiger partial charge in [-0.15, -0.1) is 0 Å². The largest absolute Gasteiger partial charge is 0.473 e. The lowest BCUT2D eigenvalue weighted by Gasteiger charge is -2.50. The molecule has 0 fully saturated rings. The summed E-state index contributed by atoms with van der Waals surface area (Å²) >= 11 is 0. The molecular weight excluding hydrogens is 322 g/mol. The van der Waals surface area contributed by atoms with Gasteiger partial charge in [0.25, 0.3) is 0 Å². The van der Waals surface area contributed by atoms with Gasteiger partial charge in [0, 0.05) is 16.8 Å². The van der Waals surface area contributed by atoms with Crippen molar-refractivity contribution in [2.75, 3.05) is 11.6 Å². The highest BCUT2D eigenvalue weighted by molar-refractivity contribution is 5.85. The minimum absolute atomic E-state index is 0.113. The van der Waals surface area contributed by atoms with Crippen molar-refractivity contribution in [3.8, 4) is 5.75 Å². The third-order valence-electron chi connectivity index (χ3n) is 5.97. The third kappa shape index (κ3) is 2.10. The second-order valence-corrected chi connectivity index (χ2v) is 7.17. The molecule has 0 aliphatic carbocycles. The molecule has 5 rings (SSSR count). The molecule has 0 aromatic heterocycles. The van der Waals surface area contributed by atoms with E-state index in [1.54, 1.807) is 0 Å². The predicted molar refractivity (Wildman–Crippen MR) is 104 cm³/mol. The molecule has 26 heavy (non-hydrogen) atoms. The lowest BCUT2D eigenvalue weighted by molar-refractivity contribution is -0.126. The van der Waals surface area contributed by atoms with E-state index in [9.17, 15) is 0 Å². The SMILES string of the molecule is CCC1(CC)OC2c3cc4ccccc4cc3OCN2c2ccccc21. The Labute approximate surface area is 154 Å². The summed E-state index contributed by atoms with van der Waals surface area (Å²) in [5, 5.41) is 2.42. The number of fused-ring (bicyclic) bond motifs is 6. The fourth-order valence-corrected chi connectivity index (χ4v) is 4.44. The molecule has 132 valence electrons. The maximum absolute atomic E-state index is 6.82. The van der Waals surface area contributed by atoms with E-state index in [1.807, 2.05) is 0 Å². The zero-order valence-electron chi connectivity index (χ0n) is 15.2. The fraction of sp³-hybridized carbons (Fsp3) is 0.304. The summed E-state index contributed by atoms with van der Waals surface area (Å²) < 4.78 is 13.0. The Kier molecular flexibility index (Phi) is 3.47.